The van der Waals surface area contributed by atoms with Crippen LogP contribution in [0.5, 0.6) is 0 Å². The van der Waals surface area contributed by atoms with Gasteiger partial charge >= 0.3 is 5.97 Å². The van der Waals surface area contributed by atoms with Crippen LogP contribution in [0.15, 0.2) is 24.3 Å². The molecule has 3 aliphatic carbocycles. The summed E-state index contributed by atoms with van der Waals surface area (Å²) in [6.07, 6.45) is -0.660. The van der Waals surface area contributed by atoms with Gasteiger partial charge in [0.1, 0.15) is 17.4 Å². The molecule has 3 aliphatic rings. The van der Waals surface area contributed by atoms with Crippen molar-refractivity contribution in [3.63, 3.8) is 0 Å². The van der Waals surface area contributed by atoms with E-state index >= 15 is 0 Å². The highest BCUT2D eigenvalue weighted by Crippen LogP contribution is 2.74. The summed E-state index contributed by atoms with van der Waals surface area (Å²) in [5.74, 6) is -1.41. The van der Waals surface area contributed by atoms with Crippen LogP contribution in [0, 0.1) is 11.2 Å². The summed E-state index contributed by atoms with van der Waals surface area (Å²) in [7, 11) is 0. The number of hydrogen-bond acceptors (Lipinski definition) is 1. The Labute approximate surface area is 90.9 Å². The number of halogens is 2. The number of hydrogen-bond donors (Lipinski definition) is 1. The molecule has 0 aromatic heterocycles. The van der Waals surface area contributed by atoms with Gasteiger partial charge in [-0.15, -0.1) is 0 Å². The fourth-order valence-electron chi connectivity index (χ4n) is 3.09. The third kappa shape index (κ3) is 0.844. The lowest BCUT2D eigenvalue weighted by Crippen LogP contribution is -2.77. The fourth-order valence-corrected chi connectivity index (χ4v) is 3.09. The van der Waals surface area contributed by atoms with Crippen LogP contribution in [0.4, 0.5) is 8.78 Å². The third-order valence-corrected chi connectivity index (χ3v) is 4.08. The van der Waals surface area contributed by atoms with Gasteiger partial charge in [-0.05, 0) is 30.5 Å². The van der Waals surface area contributed by atoms with E-state index in [1.54, 1.807) is 12.1 Å². The second-order valence-corrected chi connectivity index (χ2v) is 4.84. The summed E-state index contributed by atoms with van der Waals surface area (Å²) in [6, 6.07) is 5.67. The molecule has 1 unspecified atom stereocenters. The summed E-state index contributed by atoms with van der Waals surface area (Å²) in [5, 5.41) is 8.91. The second kappa shape index (κ2) is 2.62. The number of carboxylic acid groups (broad SMARTS) is 1. The minimum absolute atomic E-state index is 0.335. The first-order valence-corrected chi connectivity index (χ1v) is 5.15. The molecule has 0 aliphatic heterocycles. The van der Waals surface area contributed by atoms with Gasteiger partial charge < -0.3 is 5.11 Å². The molecule has 0 heterocycles. The quantitative estimate of drug-likeness (QED) is 0.836. The van der Waals surface area contributed by atoms with Gasteiger partial charge in [0, 0.05) is 5.41 Å². The Balaban J connectivity index is 1.91. The highest BCUT2D eigenvalue weighted by atomic mass is 19.1. The van der Waals surface area contributed by atoms with E-state index in [1.807, 2.05) is 0 Å². The minimum Gasteiger partial charge on any atom is -0.481 e. The van der Waals surface area contributed by atoms with Gasteiger partial charge in [0.2, 0.25) is 0 Å². The summed E-state index contributed by atoms with van der Waals surface area (Å²) in [6.45, 7) is 0. The molecule has 4 heteroatoms. The molecule has 4 rings (SSSR count). The number of alkyl halides is 1. The molecule has 16 heavy (non-hydrogen) atoms. The van der Waals surface area contributed by atoms with Crippen molar-refractivity contribution in [3.8, 4) is 0 Å². The molecule has 2 bridgehead atoms. The van der Waals surface area contributed by atoms with Crippen molar-refractivity contribution >= 4 is 5.97 Å². The highest BCUT2D eigenvalue weighted by Gasteiger charge is 2.81. The number of aliphatic carboxylic acids is 1. The maximum atomic E-state index is 13.8. The predicted molar refractivity (Wildman–Crippen MR) is 52.3 cm³/mol. The predicted octanol–water partition coefficient (Wildman–Crippen LogP) is 2.28. The Bertz CT molecular complexity index is 460. The SMILES string of the molecule is O=C(O)C12CC(c3ccc(F)cc3)(C1)C2F. The zero-order valence-electron chi connectivity index (χ0n) is 8.41. The minimum atomic E-state index is -1.33. The normalized spacial score (nSPS) is 39.8. The maximum absolute atomic E-state index is 13.8. The van der Waals surface area contributed by atoms with Crippen LogP contribution in [0.2, 0.25) is 0 Å². The van der Waals surface area contributed by atoms with Crippen LogP contribution in [-0.4, -0.2) is 17.2 Å². The van der Waals surface area contributed by atoms with Gasteiger partial charge in [0.15, 0.2) is 0 Å². The Kier molecular flexibility index (Phi) is 1.60. The maximum Gasteiger partial charge on any atom is 0.312 e. The van der Waals surface area contributed by atoms with E-state index in [0.29, 0.717) is 18.4 Å². The van der Waals surface area contributed by atoms with Gasteiger partial charge in [0.25, 0.3) is 0 Å². The molecule has 0 amide bonds. The zero-order chi connectivity index (χ0) is 11.6. The molecule has 3 fully saturated rings. The third-order valence-electron chi connectivity index (χ3n) is 4.08. The molecule has 0 spiro atoms. The molecule has 1 aromatic rings. The van der Waals surface area contributed by atoms with Crippen LogP contribution in [0.3, 0.4) is 0 Å². The molecule has 0 saturated heterocycles. The van der Waals surface area contributed by atoms with E-state index in [2.05, 4.69) is 0 Å². The van der Waals surface area contributed by atoms with Gasteiger partial charge in [0.05, 0.1) is 0 Å². The van der Waals surface area contributed by atoms with Gasteiger partial charge in [-0.2, -0.15) is 0 Å². The first-order chi connectivity index (χ1) is 7.51. The summed E-state index contributed by atoms with van der Waals surface area (Å²) >= 11 is 0. The van der Waals surface area contributed by atoms with Crippen LogP contribution in [0.25, 0.3) is 0 Å². The average Bonchev–Trinajstić information content (AvgIpc) is 2.18. The Morgan fingerprint density at radius 2 is 1.88 bits per heavy atom. The van der Waals surface area contributed by atoms with E-state index in [0.717, 1.165) is 0 Å². The molecule has 3 saturated carbocycles. The molecule has 84 valence electrons. The molecule has 0 radical (unpaired) electrons. The zero-order valence-corrected chi connectivity index (χ0v) is 8.41. The summed E-state index contributed by atoms with van der Waals surface area (Å²) in [5.41, 5.74) is -1.11. The van der Waals surface area contributed by atoms with E-state index < -0.39 is 23.0 Å². The van der Waals surface area contributed by atoms with Crippen LogP contribution in [-0.2, 0) is 10.2 Å². The Morgan fingerprint density at radius 3 is 2.31 bits per heavy atom. The monoisotopic (exact) mass is 224 g/mol. The topological polar surface area (TPSA) is 37.3 Å². The van der Waals surface area contributed by atoms with Crippen molar-refractivity contribution in [2.75, 3.05) is 0 Å². The van der Waals surface area contributed by atoms with Gasteiger partial charge in [-0.25, -0.2) is 8.78 Å². The van der Waals surface area contributed by atoms with Gasteiger partial charge in [-0.3, -0.25) is 4.79 Å². The number of benzene rings is 1. The van der Waals surface area contributed by atoms with E-state index in [9.17, 15) is 13.6 Å². The van der Waals surface area contributed by atoms with E-state index in [-0.39, 0.29) is 5.82 Å². The molecular weight excluding hydrogens is 214 g/mol. The van der Waals surface area contributed by atoms with Crippen molar-refractivity contribution in [1.29, 1.82) is 0 Å². The lowest BCUT2D eigenvalue weighted by Gasteiger charge is -2.70. The Morgan fingerprint density at radius 1 is 1.31 bits per heavy atom. The first kappa shape index (κ1) is 9.75. The number of carboxylic acids is 1. The summed E-state index contributed by atoms with van der Waals surface area (Å²) < 4.78 is 26.6. The largest absolute Gasteiger partial charge is 0.481 e. The first-order valence-electron chi connectivity index (χ1n) is 5.15. The molecular formula is C12H10F2O2. The average molecular weight is 224 g/mol. The van der Waals surface area contributed by atoms with Crippen molar-refractivity contribution in [2.45, 2.75) is 24.4 Å². The van der Waals surface area contributed by atoms with Crippen LogP contribution >= 0.6 is 0 Å². The number of carbonyl (C=O) groups is 1. The van der Waals surface area contributed by atoms with Crippen molar-refractivity contribution < 1.29 is 18.7 Å². The van der Waals surface area contributed by atoms with Crippen LogP contribution in [0.1, 0.15) is 18.4 Å². The standard InChI is InChI=1S/C12H10F2O2/c13-8-3-1-7(2-4-8)11-5-12(6-11,9(11)14)10(15)16/h1-4,9H,5-6H2,(H,15,16). The van der Waals surface area contributed by atoms with Gasteiger partial charge in [-0.1, -0.05) is 12.1 Å². The lowest BCUT2D eigenvalue weighted by atomic mass is 9.32. The summed E-state index contributed by atoms with van der Waals surface area (Å²) in [4.78, 5) is 10.9. The van der Waals surface area contributed by atoms with E-state index in [4.69, 9.17) is 5.11 Å². The van der Waals surface area contributed by atoms with Crippen molar-refractivity contribution in [3.05, 3.63) is 35.6 Å². The fraction of sp³-hybridized carbons (Fsp3) is 0.417. The van der Waals surface area contributed by atoms with Crippen molar-refractivity contribution in [1.82, 2.24) is 0 Å². The molecule has 1 aromatic carbocycles. The van der Waals surface area contributed by atoms with E-state index in [1.165, 1.54) is 12.1 Å². The molecule has 1 N–H and O–H groups in total. The highest BCUT2D eigenvalue weighted by molar-refractivity contribution is 5.82. The lowest BCUT2D eigenvalue weighted by molar-refractivity contribution is -0.237. The smallest absolute Gasteiger partial charge is 0.312 e. The molecule has 1 atom stereocenters. The second-order valence-electron chi connectivity index (χ2n) is 4.84. The van der Waals surface area contributed by atoms with Crippen LogP contribution < -0.4 is 0 Å². The Hall–Kier alpha value is -1.45. The molecule has 2 nitrogen and oxygen atoms in total. The number of rotatable bonds is 2. The van der Waals surface area contributed by atoms with Crippen molar-refractivity contribution in [2.24, 2.45) is 5.41 Å².